The zero-order chi connectivity index (χ0) is 13.1. The van der Waals surface area contributed by atoms with Gasteiger partial charge in [-0.1, -0.05) is 25.8 Å². The van der Waals surface area contributed by atoms with Crippen LogP contribution in [0, 0.1) is 5.92 Å². The molecule has 1 aliphatic heterocycles. The molecule has 18 heavy (non-hydrogen) atoms. The smallest absolute Gasteiger partial charge is 0.327 e. The third-order valence-electron chi connectivity index (χ3n) is 3.60. The van der Waals surface area contributed by atoms with Crippen molar-refractivity contribution in [2.45, 2.75) is 32.1 Å². The number of hydrogen-bond donors (Lipinski definition) is 2. The third kappa shape index (κ3) is 2.39. The molecule has 1 aliphatic carbocycles. The standard InChI is InChI=1S/C13H20N4O/c1-9(10-6-4-3-5-7-10)15-12-11(8-14)16-13(18)17(12)2/h8,10H,1,3-7,14H2,2H3,(H,16,18)/b11-8+,15-12+. The zero-order valence-corrected chi connectivity index (χ0v) is 10.8. The van der Waals surface area contributed by atoms with Crippen molar-refractivity contribution in [2.75, 3.05) is 7.05 Å². The van der Waals surface area contributed by atoms with Gasteiger partial charge < -0.3 is 11.1 Å². The van der Waals surface area contributed by atoms with Gasteiger partial charge in [0, 0.05) is 24.9 Å². The van der Waals surface area contributed by atoms with E-state index in [0.717, 1.165) is 18.5 Å². The molecule has 0 aromatic carbocycles. The Labute approximate surface area is 107 Å². The van der Waals surface area contributed by atoms with Gasteiger partial charge >= 0.3 is 6.03 Å². The average Bonchev–Trinajstić information content (AvgIpc) is 2.67. The highest BCUT2D eigenvalue weighted by atomic mass is 16.2. The Kier molecular flexibility index (Phi) is 3.69. The molecule has 0 radical (unpaired) electrons. The lowest BCUT2D eigenvalue weighted by Crippen LogP contribution is -2.26. The second-order valence-corrected chi connectivity index (χ2v) is 4.83. The maximum Gasteiger partial charge on any atom is 0.327 e. The number of aliphatic imine (C=N–C) groups is 1. The van der Waals surface area contributed by atoms with Gasteiger partial charge in [-0.2, -0.15) is 0 Å². The molecule has 2 fully saturated rings. The third-order valence-corrected chi connectivity index (χ3v) is 3.60. The van der Waals surface area contributed by atoms with Gasteiger partial charge in [0.25, 0.3) is 0 Å². The lowest BCUT2D eigenvalue weighted by atomic mass is 9.87. The number of allylic oxidation sites excluding steroid dienone is 1. The van der Waals surface area contributed by atoms with Crippen molar-refractivity contribution >= 4 is 11.9 Å². The molecule has 2 rings (SSSR count). The Morgan fingerprint density at radius 2 is 2.17 bits per heavy atom. The Morgan fingerprint density at radius 3 is 2.78 bits per heavy atom. The number of rotatable bonds is 2. The quantitative estimate of drug-likeness (QED) is 0.784. The molecule has 1 heterocycles. The molecule has 3 N–H and O–H groups in total. The van der Waals surface area contributed by atoms with E-state index in [1.54, 1.807) is 7.05 Å². The SMILES string of the molecule is C=C(/N=C1\C(=C/N)NC(=O)N1C)C1CCCCC1. The Bertz CT molecular complexity index is 419. The van der Waals surface area contributed by atoms with E-state index in [4.69, 9.17) is 5.73 Å². The van der Waals surface area contributed by atoms with E-state index in [-0.39, 0.29) is 6.03 Å². The number of nitrogens with two attached hydrogens (primary N) is 1. The normalized spacial score (nSPS) is 25.8. The fourth-order valence-corrected chi connectivity index (χ4v) is 2.45. The van der Waals surface area contributed by atoms with Crippen LogP contribution in [-0.2, 0) is 0 Å². The summed E-state index contributed by atoms with van der Waals surface area (Å²) in [5, 5.41) is 2.66. The van der Waals surface area contributed by atoms with Crippen LogP contribution in [-0.4, -0.2) is 23.8 Å². The molecule has 2 amide bonds. The number of urea groups is 1. The maximum atomic E-state index is 11.5. The van der Waals surface area contributed by atoms with E-state index in [9.17, 15) is 4.79 Å². The number of likely N-dealkylation sites (N-methyl/N-ethyl adjacent to an activating group) is 1. The van der Waals surface area contributed by atoms with Crippen LogP contribution >= 0.6 is 0 Å². The van der Waals surface area contributed by atoms with Gasteiger partial charge in [0.05, 0.1) is 0 Å². The first-order valence-corrected chi connectivity index (χ1v) is 6.38. The zero-order valence-electron chi connectivity index (χ0n) is 10.8. The molecule has 0 atom stereocenters. The Morgan fingerprint density at radius 1 is 1.50 bits per heavy atom. The van der Waals surface area contributed by atoms with E-state index < -0.39 is 0 Å². The first-order valence-electron chi connectivity index (χ1n) is 6.38. The van der Waals surface area contributed by atoms with Gasteiger partial charge in [0.15, 0.2) is 5.84 Å². The lowest BCUT2D eigenvalue weighted by Gasteiger charge is -2.22. The predicted molar refractivity (Wildman–Crippen MR) is 71.7 cm³/mol. The molecule has 5 heteroatoms. The monoisotopic (exact) mass is 248 g/mol. The van der Waals surface area contributed by atoms with E-state index in [1.165, 1.54) is 30.4 Å². The van der Waals surface area contributed by atoms with Crippen LogP contribution in [0.1, 0.15) is 32.1 Å². The van der Waals surface area contributed by atoms with Crippen molar-refractivity contribution in [1.82, 2.24) is 10.2 Å². The number of nitrogens with one attached hydrogen (secondary N) is 1. The minimum Gasteiger partial charge on any atom is -0.403 e. The summed E-state index contributed by atoms with van der Waals surface area (Å²) in [4.78, 5) is 17.5. The molecule has 0 unspecified atom stereocenters. The fraction of sp³-hybridized carbons (Fsp3) is 0.538. The van der Waals surface area contributed by atoms with Crippen molar-refractivity contribution in [3.05, 3.63) is 24.2 Å². The highest BCUT2D eigenvalue weighted by Gasteiger charge is 2.29. The van der Waals surface area contributed by atoms with E-state index in [2.05, 4.69) is 16.9 Å². The highest BCUT2D eigenvalue weighted by Crippen LogP contribution is 2.30. The number of carbonyl (C=O) groups excluding carboxylic acids is 1. The van der Waals surface area contributed by atoms with Gasteiger partial charge in [-0.15, -0.1) is 0 Å². The van der Waals surface area contributed by atoms with Crippen LogP contribution in [0.4, 0.5) is 4.79 Å². The van der Waals surface area contributed by atoms with Crippen molar-refractivity contribution in [1.29, 1.82) is 0 Å². The van der Waals surface area contributed by atoms with Crippen molar-refractivity contribution < 1.29 is 4.79 Å². The second-order valence-electron chi connectivity index (χ2n) is 4.83. The lowest BCUT2D eigenvalue weighted by molar-refractivity contribution is 0.234. The summed E-state index contributed by atoms with van der Waals surface area (Å²) in [7, 11) is 1.68. The first-order chi connectivity index (χ1) is 8.63. The number of amidine groups is 1. The number of hydrogen-bond acceptors (Lipinski definition) is 3. The summed E-state index contributed by atoms with van der Waals surface area (Å²) in [6.07, 6.45) is 7.43. The molecule has 5 nitrogen and oxygen atoms in total. The summed E-state index contributed by atoms with van der Waals surface area (Å²) in [6, 6.07) is -0.207. The van der Waals surface area contributed by atoms with Crippen LogP contribution in [0.5, 0.6) is 0 Å². The van der Waals surface area contributed by atoms with Crippen molar-refractivity contribution in [3.63, 3.8) is 0 Å². The molecule has 2 aliphatic rings. The van der Waals surface area contributed by atoms with Crippen LogP contribution in [0.2, 0.25) is 0 Å². The van der Waals surface area contributed by atoms with Crippen LogP contribution < -0.4 is 11.1 Å². The highest BCUT2D eigenvalue weighted by molar-refractivity contribution is 6.14. The molecule has 0 aromatic rings. The molecule has 0 aromatic heterocycles. The number of nitrogens with zero attached hydrogens (tertiary/aromatic N) is 2. The van der Waals surface area contributed by atoms with Crippen LogP contribution in [0.3, 0.4) is 0 Å². The fourth-order valence-electron chi connectivity index (χ4n) is 2.45. The molecule has 1 saturated heterocycles. The van der Waals surface area contributed by atoms with E-state index in [0.29, 0.717) is 17.5 Å². The summed E-state index contributed by atoms with van der Waals surface area (Å²) in [6.45, 7) is 4.05. The molecular weight excluding hydrogens is 228 g/mol. The Hall–Kier alpha value is -1.78. The van der Waals surface area contributed by atoms with Crippen molar-refractivity contribution in [2.24, 2.45) is 16.6 Å². The van der Waals surface area contributed by atoms with Crippen molar-refractivity contribution in [3.8, 4) is 0 Å². The summed E-state index contributed by atoms with van der Waals surface area (Å²) in [5.41, 5.74) is 6.90. The minimum absolute atomic E-state index is 0.207. The molecular formula is C13H20N4O. The van der Waals surface area contributed by atoms with Gasteiger partial charge in [-0.05, 0) is 12.8 Å². The molecule has 98 valence electrons. The van der Waals surface area contributed by atoms with E-state index >= 15 is 0 Å². The van der Waals surface area contributed by atoms with Gasteiger partial charge in [-0.25, -0.2) is 9.79 Å². The summed E-state index contributed by atoms with van der Waals surface area (Å²) in [5.74, 6) is 1.01. The number of carbonyl (C=O) groups is 1. The van der Waals surface area contributed by atoms with Crippen LogP contribution in [0.25, 0.3) is 0 Å². The Balaban J connectivity index is 2.15. The predicted octanol–water partition coefficient (Wildman–Crippen LogP) is 1.93. The minimum atomic E-state index is -0.207. The number of amides is 2. The largest absolute Gasteiger partial charge is 0.403 e. The maximum absolute atomic E-state index is 11.5. The second kappa shape index (κ2) is 5.25. The van der Waals surface area contributed by atoms with Gasteiger partial charge in [0.2, 0.25) is 0 Å². The van der Waals surface area contributed by atoms with E-state index in [1.807, 2.05) is 0 Å². The van der Waals surface area contributed by atoms with Gasteiger partial charge in [-0.3, -0.25) is 4.90 Å². The average molecular weight is 248 g/mol. The molecule has 1 saturated carbocycles. The topological polar surface area (TPSA) is 70.7 Å². The molecule has 0 bridgehead atoms. The molecule has 0 spiro atoms. The summed E-state index contributed by atoms with van der Waals surface area (Å²) < 4.78 is 0. The first kappa shape index (κ1) is 12.7. The van der Waals surface area contributed by atoms with Gasteiger partial charge in [0.1, 0.15) is 5.70 Å². The summed E-state index contributed by atoms with van der Waals surface area (Å²) >= 11 is 0. The van der Waals surface area contributed by atoms with Crippen LogP contribution in [0.15, 0.2) is 29.2 Å².